The lowest BCUT2D eigenvalue weighted by molar-refractivity contribution is -0.138. The quantitative estimate of drug-likeness (QED) is 0.925. The van der Waals surface area contributed by atoms with Gasteiger partial charge in [-0.05, 0) is 46.4 Å². The molecule has 1 fully saturated rings. The lowest BCUT2D eigenvalue weighted by Crippen LogP contribution is -2.21. The van der Waals surface area contributed by atoms with E-state index >= 15 is 0 Å². The molecule has 1 aromatic heterocycles. The summed E-state index contributed by atoms with van der Waals surface area (Å²) < 4.78 is 0.983. The lowest BCUT2D eigenvalue weighted by atomic mass is 10.1. The van der Waals surface area contributed by atoms with Crippen LogP contribution in [0.1, 0.15) is 18.4 Å². The Bertz CT molecular complexity index is 411. The molecule has 0 amide bonds. The Morgan fingerprint density at radius 3 is 3.12 bits per heavy atom. The number of pyridine rings is 1. The molecular weight excluding hydrogens is 284 g/mol. The lowest BCUT2D eigenvalue weighted by Gasteiger charge is -2.15. The van der Waals surface area contributed by atoms with E-state index in [1.165, 1.54) is 0 Å². The first kappa shape index (κ1) is 12.5. The minimum Gasteiger partial charge on any atom is -0.481 e. The van der Waals surface area contributed by atoms with Crippen LogP contribution < -0.4 is 0 Å². The number of halogens is 1. The Morgan fingerprint density at radius 1 is 1.59 bits per heavy atom. The average Bonchev–Trinajstić information content (AvgIpc) is 2.64. The van der Waals surface area contributed by atoms with E-state index in [9.17, 15) is 4.79 Å². The fraction of sp³-hybridized carbons (Fsp3) is 0.500. The molecule has 92 valence electrons. The van der Waals surface area contributed by atoms with Crippen LogP contribution in [0.5, 0.6) is 0 Å². The highest BCUT2D eigenvalue weighted by Gasteiger charge is 2.24. The molecule has 2 heterocycles. The van der Waals surface area contributed by atoms with Crippen LogP contribution in [0.25, 0.3) is 0 Å². The van der Waals surface area contributed by atoms with Gasteiger partial charge in [0.15, 0.2) is 0 Å². The predicted molar refractivity (Wildman–Crippen MR) is 67.6 cm³/mol. The monoisotopic (exact) mass is 298 g/mol. The molecule has 0 radical (unpaired) electrons. The van der Waals surface area contributed by atoms with Gasteiger partial charge in [-0.25, -0.2) is 0 Å². The summed E-state index contributed by atoms with van der Waals surface area (Å²) >= 11 is 3.40. The summed E-state index contributed by atoms with van der Waals surface area (Å²) in [5.74, 6) is -0.395. The first-order chi connectivity index (χ1) is 8.13. The molecule has 0 saturated carbocycles. The van der Waals surface area contributed by atoms with Crippen molar-refractivity contribution in [3.05, 3.63) is 28.5 Å². The molecule has 2 rings (SSSR count). The highest BCUT2D eigenvalue weighted by atomic mass is 79.9. The van der Waals surface area contributed by atoms with E-state index < -0.39 is 5.97 Å². The summed E-state index contributed by atoms with van der Waals surface area (Å²) in [6.45, 7) is 2.70. The Labute approximate surface area is 109 Å². The molecule has 17 heavy (non-hydrogen) atoms. The number of hydrogen-bond acceptors (Lipinski definition) is 3. The summed E-state index contributed by atoms with van der Waals surface area (Å²) in [7, 11) is 0. The largest absolute Gasteiger partial charge is 0.481 e. The zero-order valence-electron chi connectivity index (χ0n) is 9.47. The van der Waals surface area contributed by atoms with Crippen molar-refractivity contribution in [3.8, 4) is 0 Å². The van der Waals surface area contributed by atoms with Crippen LogP contribution in [-0.4, -0.2) is 34.0 Å². The molecule has 1 unspecified atom stereocenters. The molecule has 1 aromatic rings. The Kier molecular flexibility index (Phi) is 4.12. The number of aromatic nitrogens is 1. The van der Waals surface area contributed by atoms with Crippen LogP contribution in [0.2, 0.25) is 0 Å². The highest BCUT2D eigenvalue weighted by Crippen LogP contribution is 2.21. The van der Waals surface area contributed by atoms with Crippen molar-refractivity contribution in [1.82, 2.24) is 9.88 Å². The standard InChI is InChI=1S/C12H15BrN2O2/c13-11-3-10(5-14-6-11)8-15-2-1-9(7-15)4-12(16)17/h3,5-6,9H,1-2,4,7-8H2,(H,16,17). The summed E-state index contributed by atoms with van der Waals surface area (Å²) in [5.41, 5.74) is 1.16. The normalized spacial score (nSPS) is 20.6. The number of carboxylic acids is 1. The van der Waals surface area contributed by atoms with Gasteiger partial charge in [-0.1, -0.05) is 0 Å². The molecule has 0 bridgehead atoms. The molecular formula is C12H15BrN2O2. The molecule has 4 nitrogen and oxygen atoms in total. The molecule has 5 heteroatoms. The smallest absolute Gasteiger partial charge is 0.303 e. The number of carbonyl (C=O) groups is 1. The number of likely N-dealkylation sites (tertiary alicyclic amines) is 1. The van der Waals surface area contributed by atoms with Gasteiger partial charge in [0.1, 0.15) is 0 Å². The summed E-state index contributed by atoms with van der Waals surface area (Å²) in [6, 6.07) is 2.05. The second kappa shape index (κ2) is 5.60. The maximum Gasteiger partial charge on any atom is 0.303 e. The van der Waals surface area contributed by atoms with Gasteiger partial charge in [-0.3, -0.25) is 14.7 Å². The fourth-order valence-corrected chi connectivity index (χ4v) is 2.68. The van der Waals surface area contributed by atoms with Gasteiger partial charge in [-0.15, -0.1) is 0 Å². The summed E-state index contributed by atoms with van der Waals surface area (Å²) in [6.07, 6.45) is 4.89. The third-order valence-corrected chi connectivity index (χ3v) is 3.43. The van der Waals surface area contributed by atoms with E-state index in [0.717, 1.165) is 36.1 Å². The minimum absolute atomic E-state index is 0.285. The van der Waals surface area contributed by atoms with Crippen LogP contribution >= 0.6 is 15.9 Å². The van der Waals surface area contributed by atoms with Crippen molar-refractivity contribution in [2.75, 3.05) is 13.1 Å². The van der Waals surface area contributed by atoms with E-state index in [1.807, 2.05) is 6.20 Å². The van der Waals surface area contributed by atoms with Crippen molar-refractivity contribution in [3.63, 3.8) is 0 Å². The number of aliphatic carboxylic acids is 1. The Morgan fingerprint density at radius 2 is 2.41 bits per heavy atom. The van der Waals surface area contributed by atoms with Gasteiger partial charge in [0.05, 0.1) is 0 Å². The third kappa shape index (κ3) is 3.78. The van der Waals surface area contributed by atoms with Gasteiger partial charge in [-0.2, -0.15) is 0 Å². The number of rotatable bonds is 4. The maximum absolute atomic E-state index is 10.6. The van der Waals surface area contributed by atoms with Gasteiger partial charge in [0.2, 0.25) is 0 Å². The van der Waals surface area contributed by atoms with Crippen LogP contribution in [0.15, 0.2) is 22.9 Å². The van der Waals surface area contributed by atoms with Crippen LogP contribution in [-0.2, 0) is 11.3 Å². The number of nitrogens with zero attached hydrogens (tertiary/aromatic N) is 2. The van der Waals surface area contributed by atoms with Crippen molar-refractivity contribution in [2.24, 2.45) is 5.92 Å². The van der Waals surface area contributed by atoms with E-state index in [1.54, 1.807) is 6.20 Å². The summed E-state index contributed by atoms with van der Waals surface area (Å²) in [5, 5.41) is 8.75. The second-order valence-corrected chi connectivity index (χ2v) is 5.41. The highest BCUT2D eigenvalue weighted by molar-refractivity contribution is 9.10. The zero-order valence-corrected chi connectivity index (χ0v) is 11.1. The van der Waals surface area contributed by atoms with E-state index in [2.05, 4.69) is 31.9 Å². The molecule has 1 saturated heterocycles. The predicted octanol–water partition coefficient (Wildman–Crippen LogP) is 2.14. The fourth-order valence-electron chi connectivity index (χ4n) is 2.27. The number of hydrogen-bond donors (Lipinski definition) is 1. The van der Waals surface area contributed by atoms with Gasteiger partial charge in [0, 0.05) is 36.4 Å². The zero-order chi connectivity index (χ0) is 12.3. The van der Waals surface area contributed by atoms with Gasteiger partial charge >= 0.3 is 5.97 Å². The maximum atomic E-state index is 10.6. The third-order valence-electron chi connectivity index (χ3n) is 3.00. The van der Waals surface area contributed by atoms with Crippen LogP contribution in [0.3, 0.4) is 0 Å². The topological polar surface area (TPSA) is 53.4 Å². The van der Waals surface area contributed by atoms with E-state index in [-0.39, 0.29) is 6.42 Å². The first-order valence-corrected chi connectivity index (χ1v) is 6.46. The van der Waals surface area contributed by atoms with Crippen LogP contribution in [0, 0.1) is 5.92 Å². The molecule has 1 aliphatic rings. The molecule has 0 aromatic carbocycles. The van der Waals surface area contributed by atoms with Crippen molar-refractivity contribution < 1.29 is 9.90 Å². The number of carboxylic acid groups (broad SMARTS) is 1. The molecule has 1 atom stereocenters. The molecule has 0 spiro atoms. The van der Waals surface area contributed by atoms with Crippen molar-refractivity contribution in [1.29, 1.82) is 0 Å². The van der Waals surface area contributed by atoms with Crippen LogP contribution in [0.4, 0.5) is 0 Å². The summed E-state index contributed by atoms with van der Waals surface area (Å²) in [4.78, 5) is 17.0. The van der Waals surface area contributed by atoms with E-state index in [0.29, 0.717) is 5.92 Å². The SMILES string of the molecule is O=C(O)CC1CCN(Cc2cncc(Br)c2)C1. The second-order valence-electron chi connectivity index (χ2n) is 4.50. The van der Waals surface area contributed by atoms with Crippen molar-refractivity contribution >= 4 is 21.9 Å². The van der Waals surface area contributed by atoms with Gasteiger partial charge in [0.25, 0.3) is 0 Å². The first-order valence-electron chi connectivity index (χ1n) is 5.67. The average molecular weight is 299 g/mol. The molecule has 1 N–H and O–H groups in total. The minimum atomic E-state index is -0.694. The Hall–Kier alpha value is -0.940. The molecule has 0 aliphatic carbocycles. The molecule has 1 aliphatic heterocycles. The van der Waals surface area contributed by atoms with Gasteiger partial charge < -0.3 is 5.11 Å². The van der Waals surface area contributed by atoms with Crippen molar-refractivity contribution in [2.45, 2.75) is 19.4 Å². The van der Waals surface area contributed by atoms with E-state index in [4.69, 9.17) is 5.11 Å². The Balaban J connectivity index is 1.87.